The number of benzene rings is 2. The number of carbonyl (C=O) groups excluding carboxylic acids is 2. The first kappa shape index (κ1) is 57.5. The quantitative estimate of drug-likeness (QED) is 0.113. The lowest BCUT2D eigenvalue weighted by Gasteiger charge is -2.46. The molecule has 0 bridgehead atoms. The van der Waals surface area contributed by atoms with Gasteiger partial charge in [-0.3, -0.25) is 34.1 Å². The number of H-pyrrole nitrogens is 1. The number of pyridine rings is 1. The second kappa shape index (κ2) is 23.3. The van der Waals surface area contributed by atoms with Gasteiger partial charge >= 0.3 is 0 Å². The molecule has 20 nitrogen and oxygen atoms in total. The topological polar surface area (TPSA) is 218 Å². The summed E-state index contributed by atoms with van der Waals surface area (Å²) in [6, 6.07) is 11.8. The standard InChI is InChI=1S/C59H77FN14O6S/c1-37-27-64-54(40(37)4)68-55-45-25-50(81(78,79)58(5,6)7)49(26-46(45)65-36-66-55)80-22-10-15-69-16-18-70(19-17-69)57(77)47-29-63-51(30-62-47)72-21-20-71(39(3)32-72)33-44-28-61-38(2)31-73(44)34-52(75)74-35-59(8,9)53-48(74)24-42(56(76)67-53)23-41-11-13-43(60)14-12-41/h11-14,24-26,29-30,36,38-39,44,61H,10,15-23,27-28,31-35H2,1-9H3,(H,67,76)(H,64,65,66,68)/t38-,39-,44-/m1/s1. The minimum atomic E-state index is -3.83. The van der Waals surface area contributed by atoms with E-state index in [4.69, 9.17) is 9.72 Å². The highest BCUT2D eigenvalue weighted by Crippen LogP contribution is 2.40. The van der Waals surface area contributed by atoms with Gasteiger partial charge in [0.2, 0.25) is 5.91 Å². The number of aliphatic imine (C=N–C) groups is 1. The number of hydrogen-bond acceptors (Lipinski definition) is 17. The Bertz CT molecular complexity index is 3410. The van der Waals surface area contributed by atoms with Gasteiger partial charge in [-0.25, -0.2) is 32.7 Å². The number of aromatic amines is 1. The Morgan fingerprint density at radius 2 is 1.69 bits per heavy atom. The molecule has 3 saturated heterocycles. The van der Waals surface area contributed by atoms with Crippen LogP contribution in [0.1, 0.15) is 96.0 Å². The maximum absolute atomic E-state index is 14.4. The first-order valence-electron chi connectivity index (χ1n) is 28.3. The molecular formula is C59H77FN14O6S. The van der Waals surface area contributed by atoms with Gasteiger partial charge in [-0.2, -0.15) is 0 Å². The van der Waals surface area contributed by atoms with Crippen molar-refractivity contribution in [3.8, 4) is 5.75 Å². The number of hydrogen-bond donors (Lipinski definition) is 3. The molecule has 10 rings (SSSR count). The van der Waals surface area contributed by atoms with E-state index in [2.05, 4.69) is 69.0 Å². The third kappa shape index (κ3) is 12.4. The summed E-state index contributed by atoms with van der Waals surface area (Å²) in [5.41, 5.74) is 5.23. The molecule has 3 N–H and O–H groups in total. The van der Waals surface area contributed by atoms with Crippen molar-refractivity contribution in [1.82, 2.24) is 49.8 Å². The fourth-order valence-corrected chi connectivity index (χ4v) is 12.9. The minimum Gasteiger partial charge on any atom is -0.492 e. The van der Waals surface area contributed by atoms with Crippen molar-refractivity contribution in [1.29, 1.82) is 0 Å². The average Bonchev–Trinajstić information content (AvgIpc) is 4.11. The van der Waals surface area contributed by atoms with Crippen molar-refractivity contribution in [2.45, 2.75) is 108 Å². The van der Waals surface area contributed by atoms with Crippen molar-refractivity contribution in [2.75, 3.05) is 113 Å². The van der Waals surface area contributed by atoms with Crippen molar-refractivity contribution >= 4 is 55.7 Å². The summed E-state index contributed by atoms with van der Waals surface area (Å²) in [7, 11) is -3.83. The van der Waals surface area contributed by atoms with Crippen LogP contribution in [-0.4, -0.2) is 192 Å². The molecule has 0 spiro atoms. The highest BCUT2D eigenvalue weighted by atomic mass is 32.2. The third-order valence-corrected chi connectivity index (χ3v) is 19.2. The van der Waals surface area contributed by atoms with Gasteiger partial charge < -0.3 is 35.1 Å². The highest BCUT2D eigenvalue weighted by Gasteiger charge is 2.42. The molecule has 3 aromatic heterocycles. The second-order valence-corrected chi connectivity index (χ2v) is 26.8. The van der Waals surface area contributed by atoms with Crippen LogP contribution < -0.4 is 30.7 Å². The van der Waals surface area contributed by atoms with Crippen LogP contribution in [0.25, 0.3) is 10.9 Å². The van der Waals surface area contributed by atoms with Gasteiger partial charge in [0.25, 0.3) is 11.5 Å². The van der Waals surface area contributed by atoms with Crippen molar-refractivity contribution in [3.05, 3.63) is 111 Å². The van der Waals surface area contributed by atoms with E-state index in [-0.39, 0.29) is 65.1 Å². The Morgan fingerprint density at radius 1 is 0.926 bits per heavy atom. The summed E-state index contributed by atoms with van der Waals surface area (Å²) in [5, 5.41) is 7.50. The predicted molar refractivity (Wildman–Crippen MR) is 313 cm³/mol. The number of anilines is 3. The molecule has 2 aromatic carbocycles. The molecule has 22 heteroatoms. The molecule has 5 aliphatic heterocycles. The van der Waals surface area contributed by atoms with Crippen LogP contribution >= 0.6 is 0 Å². The first-order valence-corrected chi connectivity index (χ1v) is 29.8. The SMILES string of the molecule is CC1=C(C)C(Nc2ncnc3cc(OCCCN4CCN(C(=O)c5cnc(N6CCN(C[C@H]7CN[C@H](C)CN7CC(=O)N7CC(C)(C)c8[nH]c(=O)c(Cc9ccc(F)cc9)cc87)[C@H](C)C6)cn5)CC4)c(S(=O)(=O)C(C)(C)C)cc23)=NC1. The summed E-state index contributed by atoms with van der Waals surface area (Å²) >= 11 is 0. The zero-order chi connectivity index (χ0) is 57.5. The van der Waals surface area contributed by atoms with Crippen molar-refractivity contribution in [3.63, 3.8) is 0 Å². The van der Waals surface area contributed by atoms with Gasteiger partial charge in [0.05, 0.1) is 48.0 Å². The number of piperazine rings is 3. The van der Waals surface area contributed by atoms with Gasteiger partial charge in [0.15, 0.2) is 9.84 Å². The van der Waals surface area contributed by atoms with Crippen LogP contribution in [0.15, 0.2) is 87.0 Å². The fourth-order valence-electron chi connectivity index (χ4n) is 11.5. The molecule has 81 heavy (non-hydrogen) atoms. The number of nitrogens with zero attached hydrogens (tertiary/aromatic N) is 11. The Hall–Kier alpha value is -6.72. The highest BCUT2D eigenvalue weighted by molar-refractivity contribution is 7.92. The summed E-state index contributed by atoms with van der Waals surface area (Å²) in [4.78, 5) is 80.4. The van der Waals surface area contributed by atoms with Crippen molar-refractivity contribution in [2.24, 2.45) is 4.99 Å². The van der Waals surface area contributed by atoms with Gasteiger partial charge in [-0.1, -0.05) is 26.0 Å². The van der Waals surface area contributed by atoms with Crippen LogP contribution in [-0.2, 0) is 26.5 Å². The number of amidine groups is 1. The first-order chi connectivity index (χ1) is 38.5. The smallest absolute Gasteiger partial charge is 0.274 e. The number of amides is 2. The van der Waals surface area contributed by atoms with Crippen LogP contribution in [0.3, 0.4) is 0 Å². The predicted octanol–water partition coefficient (Wildman–Crippen LogP) is 5.29. The molecule has 5 aromatic rings. The van der Waals surface area contributed by atoms with Gasteiger partial charge in [0.1, 0.15) is 46.0 Å². The van der Waals surface area contributed by atoms with E-state index in [1.807, 2.05) is 43.6 Å². The summed E-state index contributed by atoms with van der Waals surface area (Å²) < 4.78 is 46.8. The summed E-state index contributed by atoms with van der Waals surface area (Å²) in [6.45, 7) is 26.7. The Morgan fingerprint density at radius 3 is 2.38 bits per heavy atom. The number of halogens is 1. The number of nitrogens with one attached hydrogen (secondary N) is 3. The van der Waals surface area contributed by atoms with Crippen LogP contribution in [0.5, 0.6) is 5.75 Å². The van der Waals surface area contributed by atoms with E-state index < -0.39 is 20.0 Å². The maximum atomic E-state index is 14.4. The number of aromatic nitrogens is 5. The molecule has 5 aliphatic rings. The lowest BCUT2D eigenvalue weighted by atomic mass is 9.91. The largest absolute Gasteiger partial charge is 0.492 e. The summed E-state index contributed by atoms with van der Waals surface area (Å²) in [5.74, 6) is 1.65. The fraction of sp³-hybridized carbons (Fsp3) is 0.525. The molecule has 3 atom stereocenters. The van der Waals surface area contributed by atoms with Gasteiger partial charge in [-0.05, 0) is 95.9 Å². The molecule has 8 heterocycles. The van der Waals surface area contributed by atoms with Crippen molar-refractivity contribution < 1.29 is 27.1 Å². The second-order valence-electron chi connectivity index (χ2n) is 24.2. The molecule has 0 radical (unpaired) electrons. The maximum Gasteiger partial charge on any atom is 0.274 e. The molecular weight excluding hydrogens is 1050 g/mol. The van der Waals surface area contributed by atoms with E-state index >= 15 is 0 Å². The number of fused-ring (bicyclic) bond motifs is 2. The number of carbonyl (C=O) groups is 2. The molecule has 0 unspecified atom stereocenters. The number of sulfone groups is 1. The van der Waals surface area contributed by atoms with E-state index in [1.165, 1.54) is 18.5 Å². The van der Waals surface area contributed by atoms with Crippen LogP contribution in [0.4, 0.5) is 21.7 Å². The van der Waals surface area contributed by atoms with E-state index in [0.29, 0.717) is 92.5 Å². The summed E-state index contributed by atoms with van der Waals surface area (Å²) in [6.07, 6.45) is 5.70. The Kier molecular flexibility index (Phi) is 16.5. The van der Waals surface area contributed by atoms with Crippen LogP contribution in [0.2, 0.25) is 0 Å². The number of rotatable bonds is 15. The van der Waals surface area contributed by atoms with E-state index in [9.17, 15) is 27.2 Å². The van der Waals surface area contributed by atoms with Gasteiger partial charge in [0, 0.05) is 131 Å². The van der Waals surface area contributed by atoms with Gasteiger partial charge in [-0.15, -0.1) is 0 Å². The third-order valence-electron chi connectivity index (χ3n) is 16.7. The molecule has 3 fully saturated rings. The minimum absolute atomic E-state index is 0.00977. The molecule has 0 saturated carbocycles. The molecule has 0 aliphatic carbocycles. The lowest BCUT2D eigenvalue weighted by molar-refractivity contribution is -0.120. The van der Waals surface area contributed by atoms with E-state index in [1.54, 1.807) is 57.4 Å². The zero-order valence-electron chi connectivity index (χ0n) is 48.2. The number of ether oxygens (including phenoxy) is 1. The van der Waals surface area contributed by atoms with Crippen LogP contribution in [0, 0.1) is 5.82 Å². The zero-order valence-corrected chi connectivity index (χ0v) is 49.0. The monoisotopic (exact) mass is 1130 g/mol. The van der Waals surface area contributed by atoms with E-state index in [0.717, 1.165) is 73.2 Å². The lowest BCUT2D eigenvalue weighted by Crippen LogP contribution is -2.63. The molecule has 2 amide bonds. The average molecular weight is 1130 g/mol. The molecule has 432 valence electrons. The normalized spacial score (nSPS) is 21.2. The Balaban J connectivity index is 0.695. The Labute approximate surface area is 474 Å².